The van der Waals surface area contributed by atoms with Crippen molar-refractivity contribution in [2.45, 2.75) is 57.7 Å². The van der Waals surface area contributed by atoms with Gasteiger partial charge in [0.15, 0.2) is 0 Å². The number of esters is 1. The lowest BCUT2D eigenvalue weighted by Crippen LogP contribution is -2.39. The normalized spacial score (nSPS) is 33.9. The van der Waals surface area contributed by atoms with Gasteiger partial charge in [-0.05, 0) is 46.0 Å². The van der Waals surface area contributed by atoms with E-state index in [0.717, 1.165) is 19.3 Å². The molecule has 1 N–H and O–H groups in total. The van der Waals surface area contributed by atoms with Crippen LogP contribution < -0.4 is 5.32 Å². The van der Waals surface area contributed by atoms with Crippen LogP contribution in [0.25, 0.3) is 0 Å². The molecule has 1 heterocycles. The van der Waals surface area contributed by atoms with E-state index >= 15 is 0 Å². The maximum atomic E-state index is 11.9. The Hall–Kier alpha value is -0.830. The molecule has 3 nitrogen and oxygen atoms in total. The van der Waals surface area contributed by atoms with Gasteiger partial charge < -0.3 is 10.1 Å². The third kappa shape index (κ3) is 2.46. The molecular formula is C13H21NO2. The van der Waals surface area contributed by atoms with E-state index in [9.17, 15) is 4.79 Å². The predicted octanol–water partition coefficient (Wildman–Crippen LogP) is 2.02. The highest BCUT2D eigenvalue weighted by Gasteiger charge is 2.42. The second-order valence-electron chi connectivity index (χ2n) is 6.01. The van der Waals surface area contributed by atoms with E-state index in [1.54, 1.807) is 0 Å². The first kappa shape index (κ1) is 11.6. The first-order valence-corrected chi connectivity index (χ1v) is 6.01. The summed E-state index contributed by atoms with van der Waals surface area (Å²) in [5, 5.41) is 3.37. The zero-order valence-corrected chi connectivity index (χ0v) is 10.4. The molecule has 0 aromatic rings. The topological polar surface area (TPSA) is 38.3 Å². The molecule has 0 aromatic carbocycles. The number of nitrogens with one attached hydrogen (secondary N) is 1. The van der Waals surface area contributed by atoms with Crippen molar-refractivity contribution in [2.75, 3.05) is 0 Å². The van der Waals surface area contributed by atoms with Crippen LogP contribution >= 0.6 is 0 Å². The fraction of sp³-hybridized carbons (Fsp3) is 0.769. The molecule has 0 amide bonds. The maximum Gasteiger partial charge on any atom is 0.323 e. The standard InChI is InChI=1S/C13H21NO2/c1-8-5-9-7-11(14-10(9)6-8)12(15)16-13(2,3)4/h9-11,14H,1,5-7H2,2-4H3/t9-,10+,11?/m0/s1. The lowest BCUT2D eigenvalue weighted by molar-refractivity contribution is -0.157. The quantitative estimate of drug-likeness (QED) is 0.546. The van der Waals surface area contributed by atoms with E-state index in [1.165, 1.54) is 5.57 Å². The molecule has 3 heteroatoms. The van der Waals surface area contributed by atoms with Crippen molar-refractivity contribution < 1.29 is 9.53 Å². The lowest BCUT2D eigenvalue weighted by atomic mass is 10.0. The zero-order chi connectivity index (χ0) is 11.9. The van der Waals surface area contributed by atoms with Crippen LogP contribution in [0, 0.1) is 5.92 Å². The van der Waals surface area contributed by atoms with Gasteiger partial charge in [0.1, 0.15) is 11.6 Å². The van der Waals surface area contributed by atoms with E-state index in [1.807, 2.05) is 20.8 Å². The van der Waals surface area contributed by atoms with Gasteiger partial charge in [0, 0.05) is 6.04 Å². The Balaban J connectivity index is 1.90. The summed E-state index contributed by atoms with van der Waals surface area (Å²) >= 11 is 0. The summed E-state index contributed by atoms with van der Waals surface area (Å²) < 4.78 is 5.39. The second-order valence-corrected chi connectivity index (χ2v) is 6.01. The average Bonchev–Trinajstić information content (AvgIpc) is 2.56. The number of hydrogen-bond donors (Lipinski definition) is 1. The van der Waals surface area contributed by atoms with Crippen LogP contribution in [0.1, 0.15) is 40.0 Å². The Bertz CT molecular complexity index is 300. The number of ether oxygens (including phenoxy) is 1. The Morgan fingerprint density at radius 1 is 1.44 bits per heavy atom. The van der Waals surface area contributed by atoms with Crippen molar-refractivity contribution in [1.82, 2.24) is 5.32 Å². The molecule has 0 aromatic heterocycles. The summed E-state index contributed by atoms with van der Waals surface area (Å²) in [6.07, 6.45) is 2.99. The van der Waals surface area contributed by atoms with Crippen LogP contribution in [-0.4, -0.2) is 23.7 Å². The fourth-order valence-corrected chi connectivity index (χ4v) is 2.68. The van der Waals surface area contributed by atoms with Gasteiger partial charge in [0.2, 0.25) is 0 Å². The molecule has 16 heavy (non-hydrogen) atoms. The van der Waals surface area contributed by atoms with E-state index in [4.69, 9.17) is 4.74 Å². The van der Waals surface area contributed by atoms with Crippen LogP contribution in [0.3, 0.4) is 0 Å². The van der Waals surface area contributed by atoms with Crippen molar-refractivity contribution in [1.29, 1.82) is 0 Å². The first-order chi connectivity index (χ1) is 7.35. The van der Waals surface area contributed by atoms with E-state index < -0.39 is 0 Å². The minimum absolute atomic E-state index is 0.104. The highest BCUT2D eigenvalue weighted by Crippen LogP contribution is 2.37. The molecule has 2 aliphatic rings. The molecule has 2 fully saturated rings. The molecule has 2 rings (SSSR count). The first-order valence-electron chi connectivity index (χ1n) is 6.01. The molecule has 0 bridgehead atoms. The van der Waals surface area contributed by atoms with Gasteiger partial charge >= 0.3 is 5.97 Å². The molecule has 0 radical (unpaired) electrons. The molecule has 0 spiro atoms. The van der Waals surface area contributed by atoms with E-state index in [2.05, 4.69) is 11.9 Å². The van der Waals surface area contributed by atoms with Gasteiger partial charge in [-0.25, -0.2) is 0 Å². The van der Waals surface area contributed by atoms with Crippen molar-refractivity contribution in [3.8, 4) is 0 Å². The molecule has 1 aliphatic heterocycles. The average molecular weight is 223 g/mol. The Labute approximate surface area is 97.2 Å². The number of hydrogen-bond acceptors (Lipinski definition) is 3. The SMILES string of the molecule is C=C1C[C@H]2CC(C(=O)OC(C)(C)C)N[C@@H]2C1. The maximum absolute atomic E-state index is 11.9. The molecule has 1 saturated heterocycles. The van der Waals surface area contributed by atoms with Crippen molar-refractivity contribution in [2.24, 2.45) is 5.92 Å². The third-order valence-corrected chi connectivity index (χ3v) is 3.27. The highest BCUT2D eigenvalue weighted by molar-refractivity contribution is 5.76. The number of fused-ring (bicyclic) bond motifs is 1. The summed E-state index contributed by atoms with van der Waals surface area (Å²) in [5.74, 6) is 0.484. The summed E-state index contributed by atoms with van der Waals surface area (Å²) in [7, 11) is 0. The van der Waals surface area contributed by atoms with Gasteiger partial charge in [-0.2, -0.15) is 0 Å². The van der Waals surface area contributed by atoms with Gasteiger partial charge in [0.25, 0.3) is 0 Å². The summed E-state index contributed by atoms with van der Waals surface area (Å²) in [4.78, 5) is 11.9. The van der Waals surface area contributed by atoms with Crippen LogP contribution in [0.2, 0.25) is 0 Å². The van der Waals surface area contributed by atoms with Gasteiger partial charge in [-0.3, -0.25) is 4.79 Å². The second kappa shape index (κ2) is 3.88. The molecule has 3 atom stereocenters. The van der Waals surface area contributed by atoms with Crippen molar-refractivity contribution in [3.63, 3.8) is 0 Å². The molecule has 90 valence electrons. The minimum atomic E-state index is -0.389. The smallest absolute Gasteiger partial charge is 0.323 e. The Kier molecular flexibility index (Phi) is 2.82. The van der Waals surface area contributed by atoms with Gasteiger partial charge in [0.05, 0.1) is 0 Å². The number of carbonyl (C=O) groups excluding carboxylic acids is 1. The Morgan fingerprint density at radius 3 is 2.69 bits per heavy atom. The van der Waals surface area contributed by atoms with Crippen LogP contribution in [0.4, 0.5) is 0 Å². The summed E-state index contributed by atoms with van der Waals surface area (Å²) in [6.45, 7) is 9.73. The zero-order valence-electron chi connectivity index (χ0n) is 10.4. The predicted molar refractivity (Wildman–Crippen MR) is 63.0 cm³/mol. The largest absolute Gasteiger partial charge is 0.459 e. The summed E-state index contributed by atoms with van der Waals surface area (Å²) in [6, 6.07) is 0.340. The number of rotatable bonds is 1. The van der Waals surface area contributed by atoms with E-state index in [-0.39, 0.29) is 17.6 Å². The lowest BCUT2D eigenvalue weighted by Gasteiger charge is -2.22. The van der Waals surface area contributed by atoms with Crippen LogP contribution in [-0.2, 0) is 9.53 Å². The van der Waals surface area contributed by atoms with Gasteiger partial charge in [-0.1, -0.05) is 12.2 Å². The van der Waals surface area contributed by atoms with Crippen LogP contribution in [0.5, 0.6) is 0 Å². The molecular weight excluding hydrogens is 202 g/mol. The fourth-order valence-electron chi connectivity index (χ4n) is 2.68. The van der Waals surface area contributed by atoms with Gasteiger partial charge in [-0.15, -0.1) is 0 Å². The minimum Gasteiger partial charge on any atom is -0.459 e. The van der Waals surface area contributed by atoms with Crippen molar-refractivity contribution >= 4 is 5.97 Å². The monoisotopic (exact) mass is 223 g/mol. The van der Waals surface area contributed by atoms with E-state index in [0.29, 0.717) is 12.0 Å². The third-order valence-electron chi connectivity index (χ3n) is 3.27. The number of carbonyl (C=O) groups is 1. The Morgan fingerprint density at radius 2 is 2.12 bits per heavy atom. The van der Waals surface area contributed by atoms with Crippen molar-refractivity contribution in [3.05, 3.63) is 12.2 Å². The molecule has 1 aliphatic carbocycles. The highest BCUT2D eigenvalue weighted by atomic mass is 16.6. The summed E-state index contributed by atoms with van der Waals surface area (Å²) in [5.41, 5.74) is 0.921. The van der Waals surface area contributed by atoms with Crippen LogP contribution in [0.15, 0.2) is 12.2 Å². The molecule has 1 saturated carbocycles. The molecule has 1 unspecified atom stereocenters.